The fraction of sp³-hybridized carbons (Fsp3) is 0. The second kappa shape index (κ2) is 7.16. The Morgan fingerprint density at radius 2 is 1.76 bits per heavy atom. The van der Waals surface area contributed by atoms with Crippen molar-refractivity contribution in [2.75, 3.05) is 5.73 Å². The summed E-state index contributed by atoms with van der Waals surface area (Å²) in [4.78, 5) is 20.4. The number of hydrogen-bond acceptors (Lipinski definition) is 6. The smallest absolute Gasteiger partial charge is 0.161 e. The van der Waals surface area contributed by atoms with Crippen molar-refractivity contribution in [2.24, 2.45) is 0 Å². The molecule has 160 valence electrons. The highest BCUT2D eigenvalue weighted by molar-refractivity contribution is 5.97. The van der Waals surface area contributed by atoms with Crippen LogP contribution in [0.25, 0.3) is 56.0 Å². The normalized spacial score (nSPS) is 11.5. The molecule has 0 fully saturated rings. The van der Waals surface area contributed by atoms with E-state index in [0.717, 1.165) is 0 Å². The van der Waals surface area contributed by atoms with Crippen LogP contribution in [0.5, 0.6) is 0 Å². The van der Waals surface area contributed by atoms with Gasteiger partial charge in [-0.25, -0.2) is 13.8 Å². The zero-order chi connectivity index (χ0) is 22.5. The number of nitrogens with one attached hydrogen (secondary N) is 2. The highest BCUT2D eigenvalue weighted by Crippen LogP contribution is 2.34. The Labute approximate surface area is 184 Å². The lowest BCUT2D eigenvalue weighted by atomic mass is 10.1. The van der Waals surface area contributed by atoms with E-state index < -0.39 is 5.82 Å². The van der Waals surface area contributed by atoms with Crippen molar-refractivity contribution < 1.29 is 8.78 Å². The number of halogens is 2. The number of aromatic amines is 2. The van der Waals surface area contributed by atoms with Crippen molar-refractivity contribution in [1.82, 2.24) is 35.1 Å². The third kappa shape index (κ3) is 3.07. The van der Waals surface area contributed by atoms with Crippen LogP contribution in [0.3, 0.4) is 0 Å². The Morgan fingerprint density at radius 1 is 0.848 bits per heavy atom. The summed E-state index contributed by atoms with van der Waals surface area (Å²) in [7, 11) is 0. The lowest BCUT2D eigenvalue weighted by Gasteiger charge is -2.04. The average molecular weight is 440 g/mol. The fourth-order valence-electron chi connectivity index (χ4n) is 3.83. The molecule has 8 nitrogen and oxygen atoms in total. The molecule has 6 aromatic rings. The molecule has 33 heavy (non-hydrogen) atoms. The molecule has 0 saturated carbocycles. The standard InChI is InChI=1S/C23H14F2N8/c24-13-3-1-2-11(6-13)20-21-15(4-5-28-20)30-23(31-21)22-17-16(32-33-22)10-29-19(18(17)25)12-7-14(26)9-27-8-12/h1-10H,26H2,(H,30,31)(H,32,33). The first kappa shape index (κ1) is 19.0. The number of anilines is 1. The molecule has 0 saturated heterocycles. The Morgan fingerprint density at radius 3 is 2.61 bits per heavy atom. The Kier molecular flexibility index (Phi) is 4.12. The molecule has 1 aromatic carbocycles. The molecule has 4 N–H and O–H groups in total. The zero-order valence-corrected chi connectivity index (χ0v) is 16.8. The summed E-state index contributed by atoms with van der Waals surface area (Å²) in [6.07, 6.45) is 6.06. The molecule has 0 amide bonds. The predicted octanol–water partition coefficient (Wildman–Crippen LogP) is 4.49. The molecule has 0 spiro atoms. The van der Waals surface area contributed by atoms with E-state index in [1.165, 1.54) is 30.7 Å². The van der Waals surface area contributed by atoms with Crippen molar-refractivity contribution in [1.29, 1.82) is 0 Å². The molecular weight excluding hydrogens is 426 g/mol. The maximum atomic E-state index is 15.6. The van der Waals surface area contributed by atoms with E-state index in [9.17, 15) is 4.39 Å². The van der Waals surface area contributed by atoms with Crippen LogP contribution in [0, 0.1) is 11.6 Å². The van der Waals surface area contributed by atoms with E-state index in [4.69, 9.17) is 5.73 Å². The molecular formula is C23H14F2N8. The molecule has 5 aromatic heterocycles. The molecule has 0 radical (unpaired) electrons. The van der Waals surface area contributed by atoms with Gasteiger partial charge >= 0.3 is 0 Å². The number of aromatic nitrogens is 7. The van der Waals surface area contributed by atoms with Crippen molar-refractivity contribution >= 4 is 27.6 Å². The van der Waals surface area contributed by atoms with Gasteiger partial charge in [-0.1, -0.05) is 12.1 Å². The quantitative estimate of drug-likeness (QED) is 0.373. The first-order chi connectivity index (χ1) is 16.1. The van der Waals surface area contributed by atoms with E-state index in [2.05, 4.69) is 35.1 Å². The second-order valence-electron chi connectivity index (χ2n) is 7.44. The van der Waals surface area contributed by atoms with Gasteiger partial charge in [0.25, 0.3) is 0 Å². The van der Waals surface area contributed by atoms with E-state index in [-0.39, 0.29) is 22.6 Å². The highest BCUT2D eigenvalue weighted by atomic mass is 19.1. The summed E-state index contributed by atoms with van der Waals surface area (Å²) in [5.74, 6) is -0.616. The number of nitrogens with two attached hydrogens (primary N) is 1. The minimum atomic E-state index is -0.576. The van der Waals surface area contributed by atoms with Gasteiger partial charge in [0.05, 0.1) is 34.0 Å². The molecule has 0 aliphatic heterocycles. The van der Waals surface area contributed by atoms with Crippen molar-refractivity contribution in [3.05, 3.63) is 72.8 Å². The minimum Gasteiger partial charge on any atom is -0.397 e. The van der Waals surface area contributed by atoms with Gasteiger partial charge in [0, 0.05) is 29.7 Å². The number of fused-ring (bicyclic) bond motifs is 2. The summed E-state index contributed by atoms with van der Waals surface area (Å²) in [5, 5.41) is 7.29. The number of nitrogens with zero attached hydrogens (tertiary/aromatic N) is 5. The van der Waals surface area contributed by atoms with Crippen molar-refractivity contribution in [3.8, 4) is 34.0 Å². The van der Waals surface area contributed by atoms with Gasteiger partial charge in [0.1, 0.15) is 22.7 Å². The maximum absolute atomic E-state index is 15.6. The number of H-pyrrole nitrogens is 2. The summed E-state index contributed by atoms with van der Waals surface area (Å²) in [6, 6.07) is 9.44. The number of rotatable bonds is 3. The summed E-state index contributed by atoms with van der Waals surface area (Å²) in [6.45, 7) is 0. The van der Waals surface area contributed by atoms with Crippen LogP contribution in [0.2, 0.25) is 0 Å². The monoisotopic (exact) mass is 440 g/mol. The van der Waals surface area contributed by atoms with E-state index in [1.807, 2.05) is 0 Å². The first-order valence-electron chi connectivity index (χ1n) is 9.93. The first-order valence-corrected chi connectivity index (χ1v) is 9.93. The molecule has 0 unspecified atom stereocenters. The van der Waals surface area contributed by atoms with Crippen LogP contribution in [0.4, 0.5) is 14.5 Å². The van der Waals surface area contributed by atoms with E-state index >= 15 is 4.39 Å². The van der Waals surface area contributed by atoms with Crippen LogP contribution in [0.15, 0.2) is 61.2 Å². The van der Waals surface area contributed by atoms with Crippen molar-refractivity contribution in [3.63, 3.8) is 0 Å². The second-order valence-corrected chi connectivity index (χ2v) is 7.44. The minimum absolute atomic E-state index is 0.100. The van der Waals surface area contributed by atoms with Crippen LogP contribution < -0.4 is 5.73 Å². The van der Waals surface area contributed by atoms with Crippen LogP contribution in [-0.4, -0.2) is 35.1 Å². The lowest BCUT2D eigenvalue weighted by molar-refractivity contribution is 0.628. The predicted molar refractivity (Wildman–Crippen MR) is 120 cm³/mol. The molecule has 0 atom stereocenters. The fourth-order valence-corrected chi connectivity index (χ4v) is 3.83. The number of imidazole rings is 1. The van der Waals surface area contributed by atoms with Gasteiger partial charge in [0.2, 0.25) is 0 Å². The van der Waals surface area contributed by atoms with E-state index in [0.29, 0.717) is 44.9 Å². The van der Waals surface area contributed by atoms with Gasteiger partial charge in [-0.3, -0.25) is 20.1 Å². The van der Waals surface area contributed by atoms with Gasteiger partial charge in [-0.2, -0.15) is 5.10 Å². The Hall–Kier alpha value is -4.73. The van der Waals surface area contributed by atoms with Crippen molar-refractivity contribution in [2.45, 2.75) is 0 Å². The summed E-state index contributed by atoms with van der Waals surface area (Å²) >= 11 is 0. The van der Waals surface area contributed by atoms with Gasteiger partial charge < -0.3 is 10.7 Å². The average Bonchev–Trinajstić information content (AvgIpc) is 3.43. The molecule has 0 aliphatic carbocycles. The van der Waals surface area contributed by atoms with Crippen LogP contribution >= 0.6 is 0 Å². The lowest BCUT2D eigenvalue weighted by Crippen LogP contribution is -1.94. The zero-order valence-electron chi connectivity index (χ0n) is 16.8. The van der Waals surface area contributed by atoms with Crippen LogP contribution in [0.1, 0.15) is 0 Å². The summed E-state index contributed by atoms with van der Waals surface area (Å²) < 4.78 is 29.4. The maximum Gasteiger partial charge on any atom is 0.161 e. The Bertz CT molecular complexity index is 1670. The highest BCUT2D eigenvalue weighted by Gasteiger charge is 2.21. The van der Waals surface area contributed by atoms with Gasteiger partial charge in [-0.05, 0) is 24.3 Å². The third-order valence-electron chi connectivity index (χ3n) is 5.30. The van der Waals surface area contributed by atoms with E-state index in [1.54, 1.807) is 30.5 Å². The van der Waals surface area contributed by atoms with Gasteiger partial charge in [-0.15, -0.1) is 0 Å². The topological polar surface area (TPSA) is 122 Å². The Balaban J connectivity index is 1.55. The molecule has 6 rings (SSSR count). The number of nitrogen functional groups attached to an aromatic ring is 1. The summed E-state index contributed by atoms with van der Waals surface area (Å²) in [5.41, 5.74) is 9.70. The third-order valence-corrected chi connectivity index (χ3v) is 5.30. The van der Waals surface area contributed by atoms with Crippen LogP contribution in [-0.2, 0) is 0 Å². The number of pyridine rings is 3. The number of benzene rings is 1. The van der Waals surface area contributed by atoms with Gasteiger partial charge in [0.15, 0.2) is 11.6 Å². The molecule has 10 heteroatoms. The number of hydrogen-bond donors (Lipinski definition) is 3. The molecule has 0 bridgehead atoms. The SMILES string of the molecule is Nc1cncc(-c2ncc3[nH]nc(-c4nc5c(-c6cccc(F)c6)nccc5[nH]4)c3c2F)c1. The largest absolute Gasteiger partial charge is 0.397 e. The molecule has 5 heterocycles. The molecule has 0 aliphatic rings.